The summed E-state index contributed by atoms with van der Waals surface area (Å²) in [7, 11) is 0. The molecule has 1 saturated carbocycles. The van der Waals surface area contributed by atoms with E-state index in [1.165, 1.54) is 11.3 Å². The Morgan fingerprint density at radius 1 is 1.50 bits per heavy atom. The lowest BCUT2D eigenvalue weighted by Gasteiger charge is -2.38. The van der Waals surface area contributed by atoms with E-state index in [2.05, 4.69) is 5.32 Å². The van der Waals surface area contributed by atoms with Gasteiger partial charge in [0.05, 0.1) is 17.6 Å². The highest BCUT2D eigenvalue weighted by Gasteiger charge is 2.43. The van der Waals surface area contributed by atoms with Crippen LogP contribution in [0.2, 0.25) is 0 Å². The van der Waals surface area contributed by atoms with E-state index in [1.54, 1.807) is 13.0 Å². The lowest BCUT2D eigenvalue weighted by Crippen LogP contribution is -2.47. The van der Waals surface area contributed by atoms with E-state index in [9.17, 15) is 9.59 Å². The number of ether oxygens (including phenoxy) is 1. The summed E-state index contributed by atoms with van der Waals surface area (Å²) in [5, 5.41) is 3.42. The van der Waals surface area contributed by atoms with Gasteiger partial charge in [0.1, 0.15) is 5.00 Å². The first kappa shape index (κ1) is 15.0. The number of nitrogens with two attached hydrogens (primary N) is 1. The SMILES string of the molecule is CCOC(=O)c1cc(C)sc1NC(=O)C1(CN)CCC1. The quantitative estimate of drug-likeness (QED) is 0.817. The maximum absolute atomic E-state index is 12.4. The standard InChI is InChI=1S/C14H20N2O3S/c1-3-19-12(17)10-7-9(2)20-11(10)16-13(18)14(8-15)5-4-6-14/h7H,3-6,8,15H2,1-2H3,(H,16,18). The molecule has 0 atom stereocenters. The van der Waals surface area contributed by atoms with Crippen molar-refractivity contribution in [2.75, 3.05) is 18.5 Å². The van der Waals surface area contributed by atoms with Crippen LogP contribution in [0.15, 0.2) is 6.07 Å². The van der Waals surface area contributed by atoms with Gasteiger partial charge in [0.15, 0.2) is 0 Å². The van der Waals surface area contributed by atoms with Crippen LogP contribution < -0.4 is 11.1 Å². The van der Waals surface area contributed by atoms with Gasteiger partial charge < -0.3 is 15.8 Å². The van der Waals surface area contributed by atoms with Crippen LogP contribution in [0.25, 0.3) is 0 Å². The first-order valence-corrected chi connectivity index (χ1v) is 7.63. The molecule has 1 fully saturated rings. The largest absolute Gasteiger partial charge is 0.462 e. The van der Waals surface area contributed by atoms with Gasteiger partial charge in [-0.25, -0.2) is 4.79 Å². The molecule has 1 aliphatic rings. The second-order valence-electron chi connectivity index (χ2n) is 5.11. The number of nitrogens with one attached hydrogen (secondary N) is 1. The molecule has 3 N–H and O–H groups in total. The number of hydrogen-bond acceptors (Lipinski definition) is 5. The monoisotopic (exact) mass is 296 g/mol. The molecule has 0 unspecified atom stereocenters. The van der Waals surface area contributed by atoms with Crippen molar-refractivity contribution in [1.82, 2.24) is 0 Å². The number of carbonyl (C=O) groups is 2. The summed E-state index contributed by atoms with van der Waals surface area (Å²) in [4.78, 5) is 25.2. The average molecular weight is 296 g/mol. The van der Waals surface area contributed by atoms with Crippen LogP contribution in [-0.2, 0) is 9.53 Å². The predicted octanol–water partition coefficient (Wildman–Crippen LogP) is 2.30. The van der Waals surface area contributed by atoms with Crippen molar-refractivity contribution < 1.29 is 14.3 Å². The summed E-state index contributed by atoms with van der Waals surface area (Å²) < 4.78 is 5.01. The first-order valence-electron chi connectivity index (χ1n) is 6.81. The van der Waals surface area contributed by atoms with Crippen molar-refractivity contribution in [2.45, 2.75) is 33.1 Å². The zero-order chi connectivity index (χ0) is 14.8. The van der Waals surface area contributed by atoms with Crippen LogP contribution in [0.1, 0.15) is 41.4 Å². The first-order chi connectivity index (χ1) is 9.52. The Balaban J connectivity index is 2.17. The van der Waals surface area contributed by atoms with Gasteiger partial charge in [-0.1, -0.05) is 6.42 Å². The van der Waals surface area contributed by atoms with E-state index >= 15 is 0 Å². The topological polar surface area (TPSA) is 81.4 Å². The van der Waals surface area contributed by atoms with E-state index in [0.717, 1.165) is 24.1 Å². The molecule has 0 spiro atoms. The smallest absolute Gasteiger partial charge is 0.341 e. The summed E-state index contributed by atoms with van der Waals surface area (Å²) in [6, 6.07) is 1.74. The average Bonchev–Trinajstić information content (AvgIpc) is 2.70. The number of rotatable bonds is 5. The number of thiophene rings is 1. The van der Waals surface area contributed by atoms with Crippen molar-refractivity contribution in [2.24, 2.45) is 11.1 Å². The van der Waals surface area contributed by atoms with Gasteiger partial charge in [0.2, 0.25) is 5.91 Å². The van der Waals surface area contributed by atoms with E-state index < -0.39 is 11.4 Å². The molecule has 1 aromatic rings. The fourth-order valence-corrected chi connectivity index (χ4v) is 3.23. The van der Waals surface area contributed by atoms with Gasteiger partial charge in [-0.2, -0.15) is 0 Å². The van der Waals surface area contributed by atoms with Crippen LogP contribution in [0.3, 0.4) is 0 Å². The molecule has 0 aliphatic heterocycles. The van der Waals surface area contributed by atoms with Crippen molar-refractivity contribution in [3.05, 3.63) is 16.5 Å². The van der Waals surface area contributed by atoms with Crippen LogP contribution in [0.4, 0.5) is 5.00 Å². The molecule has 110 valence electrons. The second kappa shape index (κ2) is 5.93. The Hall–Kier alpha value is -1.40. The number of aryl methyl sites for hydroxylation is 1. The third kappa shape index (κ3) is 2.71. The molecule has 0 aromatic carbocycles. The number of hydrogen-bond donors (Lipinski definition) is 2. The molecule has 0 saturated heterocycles. The molecule has 20 heavy (non-hydrogen) atoms. The number of anilines is 1. The van der Waals surface area contributed by atoms with E-state index in [-0.39, 0.29) is 5.91 Å². The van der Waals surface area contributed by atoms with Crippen LogP contribution in [-0.4, -0.2) is 25.0 Å². The van der Waals surface area contributed by atoms with Gasteiger partial charge in [-0.15, -0.1) is 11.3 Å². The Labute approximate surface area is 122 Å². The summed E-state index contributed by atoms with van der Waals surface area (Å²) in [5.41, 5.74) is 5.70. The van der Waals surface area contributed by atoms with Gasteiger partial charge in [-0.3, -0.25) is 4.79 Å². The van der Waals surface area contributed by atoms with Gasteiger partial charge in [0, 0.05) is 11.4 Å². The molecule has 5 nitrogen and oxygen atoms in total. The van der Waals surface area contributed by atoms with Crippen molar-refractivity contribution in [3.63, 3.8) is 0 Å². The highest BCUT2D eigenvalue weighted by atomic mass is 32.1. The minimum absolute atomic E-state index is 0.0846. The molecule has 0 bridgehead atoms. The Kier molecular flexibility index (Phi) is 4.45. The van der Waals surface area contributed by atoms with E-state index in [4.69, 9.17) is 10.5 Å². The fraction of sp³-hybridized carbons (Fsp3) is 0.571. The number of carbonyl (C=O) groups excluding carboxylic acids is 2. The zero-order valence-corrected chi connectivity index (χ0v) is 12.6. The second-order valence-corrected chi connectivity index (χ2v) is 6.37. The third-order valence-electron chi connectivity index (χ3n) is 3.76. The van der Waals surface area contributed by atoms with E-state index in [0.29, 0.717) is 23.7 Å². The highest BCUT2D eigenvalue weighted by molar-refractivity contribution is 7.16. The van der Waals surface area contributed by atoms with Crippen LogP contribution >= 0.6 is 11.3 Å². The number of amides is 1. The molecular formula is C14H20N2O3S. The highest BCUT2D eigenvalue weighted by Crippen LogP contribution is 2.41. The lowest BCUT2D eigenvalue weighted by molar-refractivity contribution is -0.129. The molecule has 1 aliphatic carbocycles. The summed E-state index contributed by atoms with van der Waals surface area (Å²) in [5.74, 6) is -0.485. The van der Waals surface area contributed by atoms with E-state index in [1.807, 2.05) is 6.92 Å². The fourth-order valence-electron chi connectivity index (χ4n) is 2.33. The normalized spacial score (nSPS) is 16.4. The Morgan fingerprint density at radius 2 is 2.20 bits per heavy atom. The van der Waals surface area contributed by atoms with Gasteiger partial charge >= 0.3 is 5.97 Å². The minimum atomic E-state index is -0.455. The van der Waals surface area contributed by atoms with Crippen LogP contribution in [0, 0.1) is 12.3 Å². The molecule has 1 aromatic heterocycles. The number of esters is 1. The van der Waals surface area contributed by atoms with Crippen molar-refractivity contribution in [1.29, 1.82) is 0 Å². The maximum Gasteiger partial charge on any atom is 0.341 e. The van der Waals surface area contributed by atoms with Crippen LogP contribution in [0.5, 0.6) is 0 Å². The third-order valence-corrected chi connectivity index (χ3v) is 4.73. The summed E-state index contributed by atoms with van der Waals surface area (Å²) in [6.07, 6.45) is 2.65. The summed E-state index contributed by atoms with van der Waals surface area (Å²) >= 11 is 1.38. The molecule has 2 rings (SSSR count). The minimum Gasteiger partial charge on any atom is -0.462 e. The maximum atomic E-state index is 12.4. The Bertz CT molecular complexity index is 515. The summed E-state index contributed by atoms with van der Waals surface area (Å²) in [6.45, 7) is 4.31. The van der Waals surface area contributed by atoms with Crippen molar-refractivity contribution >= 4 is 28.2 Å². The van der Waals surface area contributed by atoms with Crippen molar-refractivity contribution in [3.8, 4) is 0 Å². The molecular weight excluding hydrogens is 276 g/mol. The van der Waals surface area contributed by atoms with Gasteiger partial charge in [-0.05, 0) is 32.8 Å². The predicted molar refractivity (Wildman–Crippen MR) is 79.0 cm³/mol. The lowest BCUT2D eigenvalue weighted by atomic mass is 9.68. The molecule has 0 radical (unpaired) electrons. The molecule has 1 heterocycles. The molecule has 1 amide bonds. The molecule has 6 heteroatoms. The zero-order valence-electron chi connectivity index (χ0n) is 11.8. The Morgan fingerprint density at radius 3 is 2.70 bits per heavy atom. The van der Waals surface area contributed by atoms with Gasteiger partial charge in [0.25, 0.3) is 0 Å².